The monoisotopic (exact) mass is 204 g/mol. The van der Waals surface area contributed by atoms with Crippen molar-refractivity contribution >= 4 is 0 Å². The van der Waals surface area contributed by atoms with Gasteiger partial charge in [0.05, 0.1) is 0 Å². The first kappa shape index (κ1) is 10.7. The third kappa shape index (κ3) is 2.58. The molecule has 0 bridgehead atoms. The molecule has 2 atom stereocenters. The summed E-state index contributed by atoms with van der Waals surface area (Å²) in [6, 6.07) is 11.4. The Morgan fingerprint density at radius 3 is 2.67 bits per heavy atom. The minimum atomic E-state index is 0.679. The molecule has 0 aromatic heterocycles. The van der Waals surface area contributed by atoms with E-state index in [0.29, 0.717) is 12.0 Å². The molecule has 2 nitrogen and oxygen atoms in total. The lowest BCUT2D eigenvalue weighted by Crippen LogP contribution is -2.27. The SMILES string of the molecule is C[C@H]1C[C@@H](CN)CN1Cc1ccccc1. The zero-order valence-electron chi connectivity index (χ0n) is 9.39. The second-order valence-corrected chi connectivity index (χ2v) is 4.60. The van der Waals surface area contributed by atoms with Crippen LogP contribution in [-0.4, -0.2) is 24.0 Å². The summed E-state index contributed by atoms with van der Waals surface area (Å²) < 4.78 is 0. The van der Waals surface area contributed by atoms with Crippen molar-refractivity contribution in [2.75, 3.05) is 13.1 Å². The van der Waals surface area contributed by atoms with E-state index in [1.165, 1.54) is 12.0 Å². The van der Waals surface area contributed by atoms with E-state index in [9.17, 15) is 0 Å². The van der Waals surface area contributed by atoms with Crippen LogP contribution in [0.15, 0.2) is 30.3 Å². The Labute approximate surface area is 92.1 Å². The molecule has 0 radical (unpaired) electrons. The van der Waals surface area contributed by atoms with Crippen molar-refractivity contribution in [3.63, 3.8) is 0 Å². The Balaban J connectivity index is 1.96. The normalized spacial score (nSPS) is 27.1. The molecule has 1 aromatic carbocycles. The maximum Gasteiger partial charge on any atom is 0.0236 e. The molecule has 15 heavy (non-hydrogen) atoms. The van der Waals surface area contributed by atoms with Gasteiger partial charge in [-0.05, 0) is 31.4 Å². The van der Waals surface area contributed by atoms with E-state index in [1.54, 1.807) is 0 Å². The highest BCUT2D eigenvalue weighted by atomic mass is 15.2. The highest BCUT2D eigenvalue weighted by Gasteiger charge is 2.27. The second-order valence-electron chi connectivity index (χ2n) is 4.60. The van der Waals surface area contributed by atoms with Gasteiger partial charge < -0.3 is 5.73 Å². The Morgan fingerprint density at radius 1 is 1.33 bits per heavy atom. The van der Waals surface area contributed by atoms with Crippen molar-refractivity contribution in [1.82, 2.24) is 4.90 Å². The lowest BCUT2D eigenvalue weighted by atomic mass is 10.1. The lowest BCUT2D eigenvalue weighted by molar-refractivity contribution is 0.256. The third-order valence-corrected chi connectivity index (χ3v) is 3.35. The highest BCUT2D eigenvalue weighted by Crippen LogP contribution is 2.23. The number of likely N-dealkylation sites (tertiary alicyclic amines) is 1. The summed E-state index contributed by atoms with van der Waals surface area (Å²) in [7, 11) is 0. The van der Waals surface area contributed by atoms with Crippen molar-refractivity contribution in [3.8, 4) is 0 Å². The largest absolute Gasteiger partial charge is 0.330 e. The molecular weight excluding hydrogens is 184 g/mol. The molecule has 2 heteroatoms. The van der Waals surface area contributed by atoms with E-state index in [4.69, 9.17) is 5.73 Å². The summed E-state index contributed by atoms with van der Waals surface area (Å²) in [6.45, 7) is 5.36. The topological polar surface area (TPSA) is 29.3 Å². The van der Waals surface area contributed by atoms with Crippen LogP contribution in [0, 0.1) is 5.92 Å². The van der Waals surface area contributed by atoms with Crippen LogP contribution in [0.5, 0.6) is 0 Å². The zero-order valence-corrected chi connectivity index (χ0v) is 9.39. The van der Waals surface area contributed by atoms with E-state index < -0.39 is 0 Å². The van der Waals surface area contributed by atoms with Gasteiger partial charge in [-0.25, -0.2) is 0 Å². The molecule has 1 saturated heterocycles. The molecular formula is C13H20N2. The standard InChI is InChI=1S/C13H20N2/c1-11-7-13(8-14)10-15(11)9-12-5-3-2-4-6-12/h2-6,11,13H,7-10,14H2,1H3/t11-,13-/m0/s1. The van der Waals surface area contributed by atoms with Gasteiger partial charge >= 0.3 is 0 Å². The summed E-state index contributed by atoms with van der Waals surface area (Å²) in [5.41, 5.74) is 7.13. The molecule has 82 valence electrons. The molecule has 2 rings (SSSR count). The number of rotatable bonds is 3. The van der Waals surface area contributed by atoms with E-state index in [0.717, 1.165) is 19.6 Å². The van der Waals surface area contributed by atoms with Crippen LogP contribution in [0.3, 0.4) is 0 Å². The molecule has 1 aromatic rings. The molecule has 0 aliphatic carbocycles. The van der Waals surface area contributed by atoms with Gasteiger partial charge in [0, 0.05) is 19.1 Å². The number of hydrogen-bond acceptors (Lipinski definition) is 2. The van der Waals surface area contributed by atoms with Gasteiger partial charge in [0.2, 0.25) is 0 Å². The van der Waals surface area contributed by atoms with Crippen molar-refractivity contribution in [2.24, 2.45) is 11.7 Å². The minimum Gasteiger partial charge on any atom is -0.330 e. The smallest absolute Gasteiger partial charge is 0.0236 e. The first-order chi connectivity index (χ1) is 7.29. The fourth-order valence-electron chi connectivity index (χ4n) is 2.43. The van der Waals surface area contributed by atoms with E-state index in [2.05, 4.69) is 42.2 Å². The van der Waals surface area contributed by atoms with Crippen LogP contribution >= 0.6 is 0 Å². The van der Waals surface area contributed by atoms with Crippen molar-refractivity contribution in [2.45, 2.75) is 25.9 Å². The van der Waals surface area contributed by atoms with Crippen LogP contribution < -0.4 is 5.73 Å². The predicted molar refractivity (Wildman–Crippen MR) is 63.5 cm³/mol. The van der Waals surface area contributed by atoms with E-state index >= 15 is 0 Å². The zero-order chi connectivity index (χ0) is 10.7. The van der Waals surface area contributed by atoms with Gasteiger partial charge in [-0.15, -0.1) is 0 Å². The quantitative estimate of drug-likeness (QED) is 0.814. The average molecular weight is 204 g/mol. The maximum absolute atomic E-state index is 5.72. The summed E-state index contributed by atoms with van der Waals surface area (Å²) in [6.07, 6.45) is 1.25. The predicted octanol–water partition coefficient (Wildman–Crippen LogP) is 1.86. The van der Waals surface area contributed by atoms with Gasteiger partial charge in [-0.3, -0.25) is 4.90 Å². The molecule has 1 heterocycles. The van der Waals surface area contributed by atoms with Crippen LogP contribution in [0.4, 0.5) is 0 Å². The molecule has 2 N–H and O–H groups in total. The van der Waals surface area contributed by atoms with Gasteiger partial charge in [0.1, 0.15) is 0 Å². The molecule has 0 amide bonds. The Kier molecular flexibility index (Phi) is 3.39. The molecule has 1 aliphatic rings. The Morgan fingerprint density at radius 2 is 2.07 bits per heavy atom. The molecule has 0 unspecified atom stereocenters. The average Bonchev–Trinajstić information content (AvgIpc) is 2.61. The fourth-order valence-corrected chi connectivity index (χ4v) is 2.43. The van der Waals surface area contributed by atoms with Gasteiger partial charge in [-0.2, -0.15) is 0 Å². The number of benzene rings is 1. The second kappa shape index (κ2) is 4.77. The molecule has 1 aliphatic heterocycles. The van der Waals surface area contributed by atoms with Crippen LogP contribution in [-0.2, 0) is 6.54 Å². The van der Waals surface area contributed by atoms with Gasteiger partial charge in [0.15, 0.2) is 0 Å². The number of nitrogens with zero attached hydrogens (tertiary/aromatic N) is 1. The van der Waals surface area contributed by atoms with Gasteiger partial charge in [-0.1, -0.05) is 30.3 Å². The fraction of sp³-hybridized carbons (Fsp3) is 0.538. The van der Waals surface area contributed by atoms with Crippen molar-refractivity contribution in [1.29, 1.82) is 0 Å². The first-order valence-electron chi connectivity index (χ1n) is 5.77. The first-order valence-corrected chi connectivity index (χ1v) is 5.77. The summed E-state index contributed by atoms with van der Waals surface area (Å²) in [4.78, 5) is 2.53. The molecule has 0 spiro atoms. The number of nitrogens with two attached hydrogens (primary N) is 1. The summed E-state index contributed by atoms with van der Waals surface area (Å²) in [5, 5.41) is 0. The van der Waals surface area contributed by atoms with Crippen LogP contribution in [0.2, 0.25) is 0 Å². The van der Waals surface area contributed by atoms with Crippen molar-refractivity contribution < 1.29 is 0 Å². The number of hydrogen-bond donors (Lipinski definition) is 1. The molecule has 0 saturated carbocycles. The summed E-state index contributed by atoms with van der Waals surface area (Å²) in [5.74, 6) is 0.698. The van der Waals surface area contributed by atoms with E-state index in [1.807, 2.05) is 0 Å². The Bertz CT molecular complexity index is 297. The van der Waals surface area contributed by atoms with Crippen LogP contribution in [0.1, 0.15) is 18.9 Å². The van der Waals surface area contributed by atoms with Crippen LogP contribution in [0.25, 0.3) is 0 Å². The molecule has 1 fully saturated rings. The van der Waals surface area contributed by atoms with E-state index in [-0.39, 0.29) is 0 Å². The highest BCUT2D eigenvalue weighted by molar-refractivity contribution is 5.14. The maximum atomic E-state index is 5.72. The van der Waals surface area contributed by atoms with Crippen molar-refractivity contribution in [3.05, 3.63) is 35.9 Å². The third-order valence-electron chi connectivity index (χ3n) is 3.35. The summed E-state index contributed by atoms with van der Waals surface area (Å²) >= 11 is 0. The Hall–Kier alpha value is -0.860. The minimum absolute atomic E-state index is 0.679. The van der Waals surface area contributed by atoms with Gasteiger partial charge in [0.25, 0.3) is 0 Å². The lowest BCUT2D eigenvalue weighted by Gasteiger charge is -2.20.